The molecule has 1 rings (SSSR count). The predicted octanol–water partition coefficient (Wildman–Crippen LogP) is 1.29. The maximum Gasteiger partial charge on any atom is 0.415 e. The molecule has 0 aromatic carbocycles. The maximum atomic E-state index is 12.2. The zero-order chi connectivity index (χ0) is 14.8. The Kier molecular flexibility index (Phi) is 4.92. The molecule has 0 aliphatic heterocycles. The van der Waals surface area contributed by atoms with Gasteiger partial charge in [-0.3, -0.25) is 4.90 Å². The van der Waals surface area contributed by atoms with E-state index in [0.29, 0.717) is 5.82 Å². The average molecular weight is 280 g/mol. The highest BCUT2D eigenvalue weighted by molar-refractivity contribution is 4.99. The van der Waals surface area contributed by atoms with Crippen LogP contribution in [0.2, 0.25) is 0 Å². The first-order valence-corrected chi connectivity index (χ1v) is 5.94. The molecule has 1 aromatic heterocycles. The minimum atomic E-state index is -4.60. The molecule has 0 aliphatic carbocycles. The summed E-state index contributed by atoms with van der Waals surface area (Å²) in [6.07, 6.45) is -6.95. The summed E-state index contributed by atoms with van der Waals surface area (Å²) < 4.78 is 38.4. The van der Waals surface area contributed by atoms with Crippen molar-refractivity contribution in [1.29, 1.82) is 0 Å². The Morgan fingerprint density at radius 1 is 1.32 bits per heavy atom. The fourth-order valence-electron chi connectivity index (χ4n) is 1.72. The van der Waals surface area contributed by atoms with Crippen LogP contribution in [0, 0.1) is 0 Å². The summed E-state index contributed by atoms with van der Waals surface area (Å²) in [6, 6.07) is 0. The van der Waals surface area contributed by atoms with Crippen molar-refractivity contribution >= 4 is 0 Å². The molecule has 0 saturated carbocycles. The van der Waals surface area contributed by atoms with E-state index < -0.39 is 18.8 Å². The molecule has 1 heterocycles. The Morgan fingerprint density at radius 3 is 2.32 bits per heavy atom. The van der Waals surface area contributed by atoms with E-state index in [1.165, 1.54) is 11.9 Å². The molecular weight excluding hydrogens is 261 g/mol. The van der Waals surface area contributed by atoms with Crippen LogP contribution >= 0.6 is 0 Å². The second kappa shape index (κ2) is 5.87. The topological polar surface area (TPSA) is 54.2 Å². The van der Waals surface area contributed by atoms with Gasteiger partial charge in [0.15, 0.2) is 6.10 Å². The molecule has 1 aromatic rings. The number of aliphatic hydroxyl groups is 1. The lowest BCUT2D eigenvalue weighted by molar-refractivity contribution is -0.207. The van der Waals surface area contributed by atoms with Crippen LogP contribution in [0.4, 0.5) is 13.2 Å². The molecular formula is C11H19F3N4O. The van der Waals surface area contributed by atoms with Gasteiger partial charge in [-0.1, -0.05) is 13.8 Å². The number of hydrogen-bond donors (Lipinski definition) is 1. The summed E-state index contributed by atoms with van der Waals surface area (Å²) >= 11 is 0. The summed E-state index contributed by atoms with van der Waals surface area (Å²) in [5.41, 5.74) is 0. The van der Waals surface area contributed by atoms with Gasteiger partial charge in [0, 0.05) is 19.5 Å². The van der Waals surface area contributed by atoms with Gasteiger partial charge >= 0.3 is 6.18 Å². The number of alkyl halides is 3. The molecule has 0 spiro atoms. The maximum absolute atomic E-state index is 12.2. The number of aliphatic hydroxyl groups excluding tert-OH is 1. The molecule has 0 radical (unpaired) electrons. The van der Waals surface area contributed by atoms with E-state index in [9.17, 15) is 13.2 Å². The molecule has 5 nitrogen and oxygen atoms in total. The minimum Gasteiger partial charge on any atom is -0.382 e. The van der Waals surface area contributed by atoms with Crippen LogP contribution in [0.1, 0.15) is 31.4 Å². The Hall–Kier alpha value is -1.15. The fourth-order valence-corrected chi connectivity index (χ4v) is 1.72. The molecule has 1 unspecified atom stereocenters. The van der Waals surface area contributed by atoms with Gasteiger partial charge < -0.3 is 9.67 Å². The quantitative estimate of drug-likeness (QED) is 0.883. The zero-order valence-corrected chi connectivity index (χ0v) is 11.4. The third-order valence-corrected chi connectivity index (χ3v) is 2.79. The fraction of sp³-hybridized carbons (Fsp3) is 0.818. The van der Waals surface area contributed by atoms with Gasteiger partial charge in [-0.15, -0.1) is 10.2 Å². The number of nitrogens with zero attached hydrogens (tertiary/aromatic N) is 4. The van der Waals surface area contributed by atoms with Crippen molar-refractivity contribution in [2.24, 2.45) is 7.05 Å². The van der Waals surface area contributed by atoms with Gasteiger partial charge in [-0.05, 0) is 7.05 Å². The van der Waals surface area contributed by atoms with E-state index in [2.05, 4.69) is 10.2 Å². The summed E-state index contributed by atoms with van der Waals surface area (Å²) in [5.74, 6) is 1.54. The van der Waals surface area contributed by atoms with Crippen molar-refractivity contribution < 1.29 is 18.3 Å². The van der Waals surface area contributed by atoms with Crippen molar-refractivity contribution in [1.82, 2.24) is 19.7 Å². The standard InChI is InChI=1S/C11H19F3N4O/c1-7(2)10-16-15-9(18(10)4)6-17(3)5-8(19)11(12,13)14/h7-8,19H,5-6H2,1-4H3. The molecule has 1 atom stereocenters. The van der Waals surface area contributed by atoms with Crippen LogP contribution < -0.4 is 0 Å². The Morgan fingerprint density at radius 2 is 1.89 bits per heavy atom. The normalized spacial score (nSPS) is 14.4. The molecule has 0 aliphatic rings. The Balaban J connectivity index is 2.65. The van der Waals surface area contributed by atoms with Crippen molar-refractivity contribution in [2.45, 2.75) is 38.6 Å². The SMILES string of the molecule is CC(C)c1nnc(CN(C)CC(O)C(F)(F)F)n1C. The number of halogens is 3. The van der Waals surface area contributed by atoms with Crippen LogP contribution in [0.25, 0.3) is 0 Å². The lowest BCUT2D eigenvalue weighted by Crippen LogP contribution is -2.39. The van der Waals surface area contributed by atoms with E-state index in [1.54, 1.807) is 11.6 Å². The number of aromatic nitrogens is 3. The molecule has 19 heavy (non-hydrogen) atoms. The molecule has 0 bridgehead atoms. The summed E-state index contributed by atoms with van der Waals surface area (Å²) in [6.45, 7) is 3.63. The third-order valence-electron chi connectivity index (χ3n) is 2.79. The van der Waals surface area contributed by atoms with Crippen LogP contribution in [0.5, 0.6) is 0 Å². The van der Waals surface area contributed by atoms with Crippen molar-refractivity contribution in [3.63, 3.8) is 0 Å². The predicted molar refractivity (Wildman–Crippen MR) is 63.5 cm³/mol. The minimum absolute atomic E-state index is 0.192. The number of likely N-dealkylation sites (N-methyl/N-ethyl adjacent to an activating group) is 1. The Bertz CT molecular complexity index is 417. The van der Waals surface area contributed by atoms with Crippen LogP contribution in [0.3, 0.4) is 0 Å². The first kappa shape index (κ1) is 15.9. The lowest BCUT2D eigenvalue weighted by atomic mass is 10.2. The van der Waals surface area contributed by atoms with Gasteiger partial charge in [0.05, 0.1) is 6.54 Å². The summed E-state index contributed by atoms with van der Waals surface area (Å²) in [4.78, 5) is 1.37. The van der Waals surface area contributed by atoms with Gasteiger partial charge in [0.2, 0.25) is 0 Å². The number of hydrogen-bond acceptors (Lipinski definition) is 4. The molecule has 0 amide bonds. The van der Waals surface area contributed by atoms with Gasteiger partial charge in [0.25, 0.3) is 0 Å². The van der Waals surface area contributed by atoms with Crippen molar-refractivity contribution in [2.75, 3.05) is 13.6 Å². The first-order chi connectivity index (χ1) is 8.62. The molecule has 1 N–H and O–H groups in total. The van der Waals surface area contributed by atoms with Crippen LogP contribution in [-0.2, 0) is 13.6 Å². The largest absolute Gasteiger partial charge is 0.415 e. The van der Waals surface area contributed by atoms with E-state index in [0.717, 1.165) is 5.82 Å². The summed E-state index contributed by atoms with van der Waals surface area (Å²) in [7, 11) is 3.28. The van der Waals surface area contributed by atoms with Crippen molar-refractivity contribution in [3.8, 4) is 0 Å². The first-order valence-electron chi connectivity index (χ1n) is 5.94. The Labute approximate surface area is 110 Å². The van der Waals surface area contributed by atoms with Gasteiger partial charge in [-0.2, -0.15) is 13.2 Å². The van der Waals surface area contributed by atoms with Crippen LogP contribution in [-0.4, -0.2) is 50.6 Å². The van der Waals surface area contributed by atoms with E-state index in [-0.39, 0.29) is 12.5 Å². The molecule has 0 saturated heterocycles. The lowest BCUT2D eigenvalue weighted by Gasteiger charge is -2.21. The third kappa shape index (κ3) is 4.17. The highest BCUT2D eigenvalue weighted by Crippen LogP contribution is 2.21. The average Bonchev–Trinajstić information content (AvgIpc) is 2.58. The second-order valence-electron chi connectivity index (χ2n) is 4.94. The monoisotopic (exact) mass is 280 g/mol. The molecule has 8 heteroatoms. The van der Waals surface area contributed by atoms with Gasteiger partial charge in [-0.25, -0.2) is 0 Å². The summed E-state index contributed by atoms with van der Waals surface area (Å²) in [5, 5.41) is 16.9. The highest BCUT2D eigenvalue weighted by Gasteiger charge is 2.38. The highest BCUT2D eigenvalue weighted by atomic mass is 19.4. The van der Waals surface area contributed by atoms with E-state index in [1.807, 2.05) is 13.8 Å². The smallest absolute Gasteiger partial charge is 0.382 e. The van der Waals surface area contributed by atoms with E-state index >= 15 is 0 Å². The number of rotatable bonds is 5. The zero-order valence-electron chi connectivity index (χ0n) is 11.4. The van der Waals surface area contributed by atoms with E-state index in [4.69, 9.17) is 5.11 Å². The van der Waals surface area contributed by atoms with Crippen LogP contribution in [0.15, 0.2) is 0 Å². The molecule has 0 fully saturated rings. The van der Waals surface area contributed by atoms with Gasteiger partial charge in [0.1, 0.15) is 11.6 Å². The molecule has 110 valence electrons. The van der Waals surface area contributed by atoms with Crippen molar-refractivity contribution in [3.05, 3.63) is 11.6 Å². The second-order valence-corrected chi connectivity index (χ2v) is 4.94.